The van der Waals surface area contributed by atoms with Gasteiger partial charge in [-0.2, -0.15) is 0 Å². The van der Waals surface area contributed by atoms with Crippen LogP contribution in [0, 0.1) is 10.1 Å². The van der Waals surface area contributed by atoms with Gasteiger partial charge in [0.05, 0.1) is 18.8 Å². The van der Waals surface area contributed by atoms with E-state index in [-0.39, 0.29) is 18.2 Å². The summed E-state index contributed by atoms with van der Waals surface area (Å²) in [6.45, 7) is 5.32. The lowest BCUT2D eigenvalue weighted by Crippen LogP contribution is -2.28. The zero-order chi connectivity index (χ0) is 22.5. The van der Waals surface area contributed by atoms with Crippen molar-refractivity contribution < 1.29 is 14.5 Å². The van der Waals surface area contributed by atoms with E-state index in [1.54, 1.807) is 17.0 Å². The van der Waals surface area contributed by atoms with Gasteiger partial charge in [-0.15, -0.1) is 0 Å². The first-order valence-electron chi connectivity index (χ1n) is 9.45. The second kappa shape index (κ2) is 10.4. The molecule has 1 aliphatic heterocycles. The number of rotatable bonds is 7. The molecule has 0 aliphatic carbocycles. The lowest BCUT2D eigenvalue weighted by atomic mass is 10.2. The quantitative estimate of drug-likeness (QED) is 0.232. The maximum absolute atomic E-state index is 12.7. The van der Waals surface area contributed by atoms with Crippen LogP contribution in [0.4, 0.5) is 5.69 Å². The fourth-order valence-corrected chi connectivity index (χ4v) is 5.42. The Bertz CT molecular complexity index is 1050. The van der Waals surface area contributed by atoms with E-state index in [2.05, 4.69) is 36.9 Å². The number of amides is 1. The molecule has 1 aliphatic rings. The monoisotopic (exact) mass is 567 g/mol. The van der Waals surface area contributed by atoms with E-state index in [4.69, 9.17) is 4.74 Å². The van der Waals surface area contributed by atoms with Crippen LogP contribution in [-0.4, -0.2) is 34.0 Å². The highest BCUT2D eigenvalue weighted by Gasteiger charge is 2.31. The number of nitro groups is 1. The fraction of sp³-hybridized carbons (Fsp3) is 0.238. The summed E-state index contributed by atoms with van der Waals surface area (Å²) >= 11 is 8.43. The molecule has 1 saturated heterocycles. The Balaban J connectivity index is 1.77. The highest BCUT2D eigenvalue weighted by Crippen LogP contribution is 2.38. The Morgan fingerprint density at radius 1 is 1.19 bits per heavy atom. The molecule has 0 spiro atoms. The molecule has 0 aromatic heterocycles. The van der Waals surface area contributed by atoms with E-state index in [0.29, 0.717) is 23.7 Å². The third-order valence-electron chi connectivity index (χ3n) is 4.35. The second-order valence-corrected chi connectivity index (χ2v) is 9.16. The van der Waals surface area contributed by atoms with Crippen molar-refractivity contribution in [3.05, 3.63) is 71.5 Å². The van der Waals surface area contributed by atoms with Gasteiger partial charge in [-0.3, -0.25) is 24.8 Å². The summed E-state index contributed by atoms with van der Waals surface area (Å²) in [5.41, 5.74) is 1.69. The van der Waals surface area contributed by atoms with Crippen LogP contribution in [0.25, 0.3) is 6.08 Å². The normalized spacial score (nSPS) is 16.4. The van der Waals surface area contributed by atoms with Gasteiger partial charge in [0, 0.05) is 25.2 Å². The molecule has 2 aromatic rings. The molecule has 162 valence electrons. The summed E-state index contributed by atoms with van der Waals surface area (Å²) in [6, 6.07) is 9.98. The molecule has 0 unspecified atom stereocenters. The van der Waals surface area contributed by atoms with Crippen molar-refractivity contribution >= 4 is 66.5 Å². The van der Waals surface area contributed by atoms with Gasteiger partial charge in [-0.1, -0.05) is 0 Å². The number of likely N-dealkylation sites (N-methyl/N-ethyl adjacent to an activating group) is 1. The van der Waals surface area contributed by atoms with Gasteiger partial charge >= 0.3 is 0 Å². The molecular formula is C21H19Br2N3O4S. The van der Waals surface area contributed by atoms with Crippen molar-refractivity contribution in [3.8, 4) is 5.75 Å². The highest BCUT2D eigenvalue weighted by atomic mass is 79.9. The van der Waals surface area contributed by atoms with Gasteiger partial charge < -0.3 is 4.74 Å². The number of aliphatic imine (C=N–C) groups is 1. The topological polar surface area (TPSA) is 85.0 Å². The van der Waals surface area contributed by atoms with Crippen molar-refractivity contribution in [1.29, 1.82) is 0 Å². The zero-order valence-electron chi connectivity index (χ0n) is 16.8. The maximum atomic E-state index is 12.7. The Hall–Kier alpha value is -2.17. The van der Waals surface area contributed by atoms with Crippen LogP contribution in [-0.2, 0) is 11.4 Å². The van der Waals surface area contributed by atoms with Gasteiger partial charge in [0.25, 0.3) is 11.6 Å². The minimum Gasteiger partial charge on any atom is -0.487 e. The third-order valence-corrected chi connectivity index (χ3v) is 6.57. The Morgan fingerprint density at radius 3 is 2.39 bits per heavy atom. The average Bonchev–Trinajstić information content (AvgIpc) is 3.02. The molecule has 31 heavy (non-hydrogen) atoms. The van der Waals surface area contributed by atoms with E-state index in [0.717, 1.165) is 25.2 Å². The van der Waals surface area contributed by atoms with Crippen LogP contribution in [0.5, 0.6) is 5.75 Å². The minimum absolute atomic E-state index is 0.0385. The molecule has 1 fully saturated rings. The number of carbonyl (C=O) groups excluding carboxylic acids is 1. The molecule has 10 heteroatoms. The molecule has 0 saturated carbocycles. The number of amidine groups is 1. The smallest absolute Gasteiger partial charge is 0.269 e. The van der Waals surface area contributed by atoms with Crippen molar-refractivity contribution in [2.24, 2.45) is 4.99 Å². The number of nitro benzene ring substituents is 1. The van der Waals surface area contributed by atoms with Gasteiger partial charge in [0.1, 0.15) is 12.4 Å². The van der Waals surface area contributed by atoms with Gasteiger partial charge in [0.2, 0.25) is 0 Å². The number of hydrogen-bond donors (Lipinski definition) is 0. The first-order valence-corrected chi connectivity index (χ1v) is 11.8. The van der Waals surface area contributed by atoms with Crippen LogP contribution < -0.4 is 4.74 Å². The van der Waals surface area contributed by atoms with E-state index in [1.165, 1.54) is 23.9 Å². The van der Waals surface area contributed by atoms with E-state index < -0.39 is 4.92 Å². The van der Waals surface area contributed by atoms with Crippen LogP contribution in [0.2, 0.25) is 0 Å². The number of carbonyl (C=O) groups is 1. The molecule has 1 heterocycles. The zero-order valence-corrected chi connectivity index (χ0v) is 20.8. The first-order chi connectivity index (χ1) is 14.8. The number of halogens is 2. The third kappa shape index (κ3) is 5.55. The predicted octanol–water partition coefficient (Wildman–Crippen LogP) is 6.01. The van der Waals surface area contributed by atoms with Crippen LogP contribution in [0.15, 0.2) is 55.2 Å². The fourth-order valence-electron chi connectivity index (χ4n) is 2.86. The summed E-state index contributed by atoms with van der Waals surface area (Å²) in [7, 11) is 0. The summed E-state index contributed by atoms with van der Waals surface area (Å²) in [6.07, 6.45) is 1.84. The first kappa shape index (κ1) is 23.5. The number of benzene rings is 2. The summed E-state index contributed by atoms with van der Waals surface area (Å²) in [4.78, 5) is 29.7. The van der Waals surface area contributed by atoms with Crippen molar-refractivity contribution in [3.63, 3.8) is 0 Å². The SMILES string of the molecule is CCN=C1S/C(=C/c2cc(Br)c(OCc3ccc([N+](=O)[O-])cc3)c(Br)c2)C(=O)N1CC. The van der Waals surface area contributed by atoms with E-state index >= 15 is 0 Å². The molecule has 2 aromatic carbocycles. The molecule has 0 radical (unpaired) electrons. The number of ether oxygens (including phenoxy) is 1. The van der Waals surface area contributed by atoms with Crippen LogP contribution >= 0.6 is 43.6 Å². The lowest BCUT2D eigenvalue weighted by molar-refractivity contribution is -0.384. The molecular weight excluding hydrogens is 550 g/mol. The van der Waals surface area contributed by atoms with Gasteiger partial charge in [-0.25, -0.2) is 0 Å². The largest absolute Gasteiger partial charge is 0.487 e. The molecule has 0 bridgehead atoms. The second-order valence-electron chi connectivity index (χ2n) is 6.44. The Labute approximate surface area is 201 Å². The Morgan fingerprint density at radius 2 is 1.84 bits per heavy atom. The minimum atomic E-state index is -0.435. The van der Waals surface area contributed by atoms with Crippen molar-refractivity contribution in [2.75, 3.05) is 13.1 Å². The maximum Gasteiger partial charge on any atom is 0.269 e. The van der Waals surface area contributed by atoms with E-state index in [9.17, 15) is 14.9 Å². The molecule has 0 N–H and O–H groups in total. The lowest BCUT2D eigenvalue weighted by Gasteiger charge is -2.12. The number of hydrogen-bond acceptors (Lipinski definition) is 6. The summed E-state index contributed by atoms with van der Waals surface area (Å²) < 4.78 is 7.35. The van der Waals surface area contributed by atoms with Gasteiger partial charge in [-0.05, 0) is 98.9 Å². The molecule has 3 rings (SSSR count). The van der Waals surface area contributed by atoms with Crippen molar-refractivity contribution in [2.45, 2.75) is 20.5 Å². The predicted molar refractivity (Wildman–Crippen MR) is 130 cm³/mol. The highest BCUT2D eigenvalue weighted by molar-refractivity contribution is 9.11. The standard InChI is InChI=1S/C21H19Br2N3O4S/c1-3-24-21-25(4-2)20(27)18(31-21)11-14-9-16(22)19(17(23)10-14)30-12-13-5-7-15(8-6-13)26(28)29/h5-11H,3-4,12H2,1-2H3/b18-11+,24-21?. The number of non-ortho nitro benzene ring substituents is 1. The van der Waals surface area contributed by atoms with Crippen LogP contribution in [0.1, 0.15) is 25.0 Å². The summed E-state index contributed by atoms with van der Waals surface area (Å²) in [5, 5.41) is 11.5. The van der Waals surface area contributed by atoms with Crippen LogP contribution in [0.3, 0.4) is 0 Å². The van der Waals surface area contributed by atoms with Gasteiger partial charge in [0.15, 0.2) is 5.17 Å². The molecule has 1 amide bonds. The summed E-state index contributed by atoms with van der Waals surface area (Å²) in [5.74, 6) is 0.555. The average molecular weight is 569 g/mol. The molecule has 7 nitrogen and oxygen atoms in total. The number of thioether (sulfide) groups is 1. The van der Waals surface area contributed by atoms with Crippen molar-refractivity contribution in [1.82, 2.24) is 4.90 Å². The van der Waals surface area contributed by atoms with E-state index in [1.807, 2.05) is 32.1 Å². The Kier molecular flexibility index (Phi) is 7.90. The molecule has 0 atom stereocenters. The number of nitrogens with zero attached hydrogens (tertiary/aromatic N) is 3.